The minimum Gasteiger partial charge on any atom is -0.872 e. The second-order valence-corrected chi connectivity index (χ2v) is 10.6. The molecule has 0 aliphatic rings. The van der Waals surface area contributed by atoms with Gasteiger partial charge in [0.15, 0.2) is 0 Å². The van der Waals surface area contributed by atoms with Crippen molar-refractivity contribution in [1.29, 1.82) is 0 Å². The minimum atomic E-state index is -0.0294. The first-order valence-electron chi connectivity index (χ1n) is 13.1. The largest absolute Gasteiger partial charge is 2.00 e. The molecule has 6 heteroatoms. The van der Waals surface area contributed by atoms with Crippen LogP contribution in [0.2, 0.25) is 0 Å². The van der Waals surface area contributed by atoms with Crippen LogP contribution in [0.3, 0.4) is 0 Å². The maximum absolute atomic E-state index is 11.3. The molecular weight excluding hydrogens is 553 g/mol. The molecule has 0 amide bonds. The van der Waals surface area contributed by atoms with Gasteiger partial charge in [0.05, 0.1) is 0 Å². The van der Waals surface area contributed by atoms with Gasteiger partial charge < -0.3 is 10.2 Å². The zero-order chi connectivity index (χ0) is 29.7. The van der Waals surface area contributed by atoms with Crippen molar-refractivity contribution in [2.24, 2.45) is 0 Å². The van der Waals surface area contributed by atoms with Crippen LogP contribution in [0.1, 0.15) is 52.7 Å². The molecule has 0 aliphatic carbocycles. The molecule has 0 saturated heterocycles. The molecule has 5 aromatic rings. The predicted octanol–water partition coefficient (Wildman–Crippen LogP) is 7.36. The minimum absolute atomic E-state index is 0. The number of hydrogen-bond donors (Lipinski definition) is 0. The number of hydrogen-bond acceptors (Lipinski definition) is 5. The Morgan fingerprint density at radius 1 is 0.390 bits per heavy atom. The van der Waals surface area contributed by atoms with Gasteiger partial charge in [0, 0.05) is 37.2 Å². The summed E-state index contributed by atoms with van der Waals surface area (Å²) >= 11 is 0. The van der Waals surface area contributed by atoms with Crippen LogP contribution in [-0.4, -0.2) is 15.0 Å². The third kappa shape index (κ3) is 18.0. The van der Waals surface area contributed by atoms with Gasteiger partial charge in [-0.25, -0.2) is 0 Å². The van der Waals surface area contributed by atoms with E-state index in [2.05, 4.69) is 15.0 Å². The van der Waals surface area contributed by atoms with Crippen molar-refractivity contribution in [2.45, 2.75) is 52.4 Å². The maximum atomic E-state index is 11.3. The van der Waals surface area contributed by atoms with Crippen molar-refractivity contribution < 1.29 is 26.7 Å². The molecule has 0 fully saturated rings. The summed E-state index contributed by atoms with van der Waals surface area (Å²) in [6.07, 6.45) is 10.5. The van der Waals surface area contributed by atoms with Gasteiger partial charge in [-0.15, -0.1) is 11.5 Å². The smallest absolute Gasteiger partial charge is 0.872 e. The quantitative estimate of drug-likeness (QED) is 0.175. The van der Waals surface area contributed by atoms with Crippen LogP contribution in [0.15, 0.2) is 140 Å². The van der Waals surface area contributed by atoms with Crippen molar-refractivity contribution in [1.82, 2.24) is 15.0 Å². The van der Waals surface area contributed by atoms with Crippen LogP contribution in [0.5, 0.6) is 11.5 Å². The molecule has 0 spiro atoms. The van der Waals surface area contributed by atoms with E-state index >= 15 is 0 Å². The Hall–Kier alpha value is -4.02. The van der Waals surface area contributed by atoms with Crippen molar-refractivity contribution >= 4 is 0 Å². The standard InChI is InChI=1S/2C10H14O.3C5H5N.Ni/c2*1-10(2,3)8-6-4-5-7-9(8)11;3*1-2-4-6-5-3-1;/h2*4-7,11H,1-3H3;3*1-5H;/q;;;;;+2/p-2. The first-order valence-corrected chi connectivity index (χ1v) is 13.1. The predicted molar refractivity (Wildman–Crippen MR) is 162 cm³/mol. The topological polar surface area (TPSA) is 84.8 Å². The van der Waals surface area contributed by atoms with Crippen molar-refractivity contribution in [3.8, 4) is 11.5 Å². The van der Waals surface area contributed by atoms with Gasteiger partial charge in [-0.05, 0) is 47.2 Å². The van der Waals surface area contributed by atoms with Crippen LogP contribution in [0.4, 0.5) is 0 Å². The van der Waals surface area contributed by atoms with Crippen LogP contribution in [0.25, 0.3) is 0 Å². The number of pyridine rings is 3. The molecule has 0 unspecified atom stereocenters. The fourth-order valence-corrected chi connectivity index (χ4v) is 3.11. The summed E-state index contributed by atoms with van der Waals surface area (Å²) in [7, 11) is 0. The summed E-state index contributed by atoms with van der Waals surface area (Å²) in [5.74, 6) is 0.278. The monoisotopic (exact) mass is 593 g/mol. The molecule has 0 atom stereocenters. The molecule has 3 aromatic heterocycles. The number of nitrogens with zero attached hydrogens (tertiary/aromatic N) is 3. The van der Waals surface area contributed by atoms with Gasteiger partial charge in [-0.2, -0.15) is 0 Å². The Kier molecular flexibility index (Phi) is 18.8. The summed E-state index contributed by atoms with van der Waals surface area (Å²) < 4.78 is 0. The molecule has 0 bridgehead atoms. The van der Waals surface area contributed by atoms with Gasteiger partial charge >= 0.3 is 16.5 Å². The SMILES string of the molecule is CC(C)(C)c1ccccc1[O-].CC(C)(C)c1ccccc1[O-].[Ni+2].c1ccncc1.c1ccncc1.c1ccncc1. The van der Waals surface area contributed by atoms with Crippen molar-refractivity contribution in [3.63, 3.8) is 0 Å². The van der Waals surface area contributed by atoms with E-state index in [0.717, 1.165) is 11.1 Å². The molecule has 0 aliphatic heterocycles. The van der Waals surface area contributed by atoms with Crippen LogP contribution >= 0.6 is 0 Å². The van der Waals surface area contributed by atoms with E-state index in [1.54, 1.807) is 61.4 Å². The number of benzene rings is 2. The van der Waals surface area contributed by atoms with Gasteiger partial charge in [0.1, 0.15) is 0 Å². The summed E-state index contributed by atoms with van der Waals surface area (Å²) in [5.41, 5.74) is 1.72. The summed E-state index contributed by atoms with van der Waals surface area (Å²) in [6.45, 7) is 12.3. The molecule has 0 saturated carbocycles. The van der Waals surface area contributed by atoms with Gasteiger partial charge in [0.25, 0.3) is 0 Å². The normalized spacial score (nSPS) is 9.71. The average Bonchev–Trinajstić information content (AvgIpc) is 2.96. The molecule has 5 rings (SSSR count). The number of para-hydroxylation sites is 2. The fraction of sp³-hybridized carbons (Fsp3) is 0.229. The Morgan fingerprint density at radius 3 is 0.756 bits per heavy atom. The molecule has 2 aromatic carbocycles. The van der Waals surface area contributed by atoms with E-state index < -0.39 is 0 Å². The molecule has 0 N–H and O–H groups in total. The van der Waals surface area contributed by atoms with E-state index in [0.29, 0.717) is 0 Å². The van der Waals surface area contributed by atoms with Gasteiger partial charge in [0.2, 0.25) is 0 Å². The summed E-state index contributed by atoms with van der Waals surface area (Å²) in [6, 6.07) is 31.5. The fourth-order valence-electron chi connectivity index (χ4n) is 3.11. The average molecular weight is 594 g/mol. The van der Waals surface area contributed by atoms with Gasteiger partial charge in [-0.3, -0.25) is 15.0 Å². The van der Waals surface area contributed by atoms with Crippen LogP contribution in [0, 0.1) is 0 Å². The molecule has 0 radical (unpaired) electrons. The summed E-state index contributed by atoms with van der Waals surface area (Å²) in [5, 5.41) is 22.5. The van der Waals surface area contributed by atoms with E-state index in [1.807, 2.05) is 120 Å². The van der Waals surface area contributed by atoms with Crippen molar-refractivity contribution in [2.75, 3.05) is 0 Å². The number of aromatic nitrogens is 3. The zero-order valence-corrected chi connectivity index (χ0v) is 25.7. The first-order chi connectivity index (χ1) is 19.0. The zero-order valence-electron chi connectivity index (χ0n) is 24.8. The van der Waals surface area contributed by atoms with E-state index in [1.165, 1.54) is 0 Å². The van der Waals surface area contributed by atoms with Crippen LogP contribution < -0.4 is 10.2 Å². The number of rotatable bonds is 0. The third-order valence-electron chi connectivity index (χ3n) is 5.09. The van der Waals surface area contributed by atoms with Gasteiger partial charge in [-0.1, -0.05) is 119 Å². The van der Waals surface area contributed by atoms with Crippen LogP contribution in [-0.2, 0) is 27.3 Å². The molecular formula is C35H41N3NiO2. The Morgan fingerprint density at radius 2 is 0.634 bits per heavy atom. The second kappa shape index (κ2) is 20.8. The molecule has 3 heterocycles. The molecule has 5 nitrogen and oxygen atoms in total. The molecule has 218 valence electrons. The Bertz CT molecular complexity index is 1070. The Labute approximate surface area is 256 Å². The van der Waals surface area contributed by atoms with E-state index in [9.17, 15) is 10.2 Å². The first kappa shape index (κ1) is 37.0. The molecule has 41 heavy (non-hydrogen) atoms. The van der Waals surface area contributed by atoms with Crippen molar-refractivity contribution in [3.05, 3.63) is 151 Å². The second-order valence-electron chi connectivity index (χ2n) is 10.6. The van der Waals surface area contributed by atoms with E-state index in [4.69, 9.17) is 0 Å². The Balaban J connectivity index is 0.000000499. The summed E-state index contributed by atoms with van der Waals surface area (Å²) in [4.78, 5) is 11.4. The van der Waals surface area contributed by atoms with E-state index in [-0.39, 0.29) is 38.8 Å². The third-order valence-corrected chi connectivity index (χ3v) is 5.09. The maximum Gasteiger partial charge on any atom is 2.00 e.